The molecule has 1 unspecified atom stereocenters. The number of carbonyl (C=O) groups excluding carboxylic acids is 1. The minimum atomic E-state index is -1.81. The van der Waals surface area contributed by atoms with Gasteiger partial charge in [0.2, 0.25) is 11.6 Å². The lowest BCUT2D eigenvalue weighted by atomic mass is 10.1. The molecule has 0 spiro atoms. The highest BCUT2D eigenvalue weighted by Gasteiger charge is 2.25. The number of amides is 1. The highest BCUT2D eigenvalue weighted by molar-refractivity contribution is 6.30. The van der Waals surface area contributed by atoms with E-state index in [2.05, 4.69) is 4.74 Å². The number of Topliss-reactive ketones (excluding diaryl/α,β-unsaturated/α-hetero) is 1. The zero-order chi connectivity index (χ0) is 22.3. The molecular weight excluding hydrogens is 434 g/mol. The molecule has 30 heavy (non-hydrogen) atoms. The van der Waals surface area contributed by atoms with Crippen LogP contribution in [0.5, 0.6) is 5.75 Å². The Morgan fingerprint density at radius 1 is 1.07 bits per heavy atom. The second-order valence-electron chi connectivity index (χ2n) is 6.02. The first-order valence-corrected chi connectivity index (χ1v) is 8.87. The fourth-order valence-electron chi connectivity index (χ4n) is 2.36. The summed E-state index contributed by atoms with van der Waals surface area (Å²) in [5.74, 6) is -9.35. The van der Waals surface area contributed by atoms with Gasteiger partial charge >= 0.3 is 6.09 Å². The van der Waals surface area contributed by atoms with Crippen molar-refractivity contribution in [1.82, 2.24) is 5.32 Å². The Kier molecular flexibility index (Phi) is 8.43. The van der Waals surface area contributed by atoms with Gasteiger partial charge in [-0.05, 0) is 24.1 Å². The van der Waals surface area contributed by atoms with E-state index >= 15 is 0 Å². The third kappa shape index (κ3) is 6.60. The third-order valence-corrected chi connectivity index (χ3v) is 4.10. The molecule has 0 fully saturated rings. The zero-order valence-corrected chi connectivity index (χ0v) is 16.0. The first-order valence-electron chi connectivity index (χ1n) is 8.49. The SMILES string of the molecule is O=C(O)NC(CCOCc1ccc(Cl)cc1)C(=O)COc1c(F)c(F)cc(F)c1F. The fourth-order valence-corrected chi connectivity index (χ4v) is 2.48. The van der Waals surface area contributed by atoms with E-state index in [1.807, 2.05) is 5.32 Å². The molecule has 0 aromatic heterocycles. The zero-order valence-electron chi connectivity index (χ0n) is 15.3. The normalized spacial score (nSPS) is 11.8. The van der Waals surface area contributed by atoms with Crippen molar-refractivity contribution in [2.45, 2.75) is 19.1 Å². The van der Waals surface area contributed by atoms with Crippen molar-refractivity contribution >= 4 is 23.5 Å². The number of ketones is 1. The first kappa shape index (κ1) is 23.4. The third-order valence-electron chi connectivity index (χ3n) is 3.85. The number of carboxylic acid groups (broad SMARTS) is 1. The van der Waals surface area contributed by atoms with Crippen LogP contribution >= 0.6 is 11.6 Å². The number of hydrogen-bond donors (Lipinski definition) is 2. The number of ether oxygens (including phenoxy) is 2. The molecule has 0 aliphatic rings. The van der Waals surface area contributed by atoms with Gasteiger partial charge in [0.15, 0.2) is 23.2 Å². The summed E-state index contributed by atoms with van der Waals surface area (Å²) in [4.78, 5) is 23.1. The Bertz CT molecular complexity index is 885. The van der Waals surface area contributed by atoms with Gasteiger partial charge in [-0.1, -0.05) is 23.7 Å². The van der Waals surface area contributed by atoms with Crippen LogP contribution in [0.4, 0.5) is 22.4 Å². The summed E-state index contributed by atoms with van der Waals surface area (Å²) in [6.07, 6.45) is -1.65. The molecule has 0 aliphatic heterocycles. The summed E-state index contributed by atoms with van der Waals surface area (Å²) >= 11 is 5.77. The predicted molar refractivity (Wildman–Crippen MR) is 97.4 cm³/mol. The number of halogens is 5. The lowest BCUT2D eigenvalue weighted by molar-refractivity contribution is -0.123. The lowest BCUT2D eigenvalue weighted by Gasteiger charge is -2.17. The van der Waals surface area contributed by atoms with Crippen LogP contribution < -0.4 is 10.1 Å². The van der Waals surface area contributed by atoms with Crippen LogP contribution in [0.15, 0.2) is 30.3 Å². The number of rotatable bonds is 10. The molecule has 11 heteroatoms. The summed E-state index contributed by atoms with van der Waals surface area (Å²) in [7, 11) is 0. The fraction of sp³-hybridized carbons (Fsp3) is 0.263. The molecule has 1 amide bonds. The van der Waals surface area contributed by atoms with E-state index in [0.29, 0.717) is 5.02 Å². The molecule has 0 saturated carbocycles. The Labute approximate surface area is 173 Å². The van der Waals surface area contributed by atoms with Crippen LogP contribution in [-0.4, -0.2) is 36.2 Å². The van der Waals surface area contributed by atoms with Crippen molar-refractivity contribution < 1.29 is 41.7 Å². The molecule has 2 aromatic carbocycles. The Morgan fingerprint density at radius 2 is 1.67 bits per heavy atom. The van der Waals surface area contributed by atoms with E-state index in [-0.39, 0.29) is 25.7 Å². The van der Waals surface area contributed by atoms with Crippen molar-refractivity contribution in [1.29, 1.82) is 0 Å². The molecule has 1 atom stereocenters. The molecule has 0 aliphatic carbocycles. The van der Waals surface area contributed by atoms with Gasteiger partial charge in [0.1, 0.15) is 6.61 Å². The first-order chi connectivity index (χ1) is 14.2. The molecule has 0 radical (unpaired) electrons. The number of carbonyl (C=O) groups is 2. The molecular formula is C19H16ClF4NO5. The molecule has 2 N–H and O–H groups in total. The van der Waals surface area contributed by atoms with Crippen LogP contribution in [0.3, 0.4) is 0 Å². The van der Waals surface area contributed by atoms with Crippen LogP contribution in [-0.2, 0) is 16.1 Å². The van der Waals surface area contributed by atoms with Crippen molar-refractivity contribution in [2.24, 2.45) is 0 Å². The Balaban J connectivity index is 1.93. The van der Waals surface area contributed by atoms with Crippen LogP contribution in [0.1, 0.15) is 12.0 Å². The standard InChI is InChI=1S/C19H16ClF4NO5/c20-11-3-1-10(2-4-11)8-29-6-5-14(25-19(27)28)15(26)9-30-18-16(23)12(21)7-13(22)17(18)24/h1-4,7,14,25H,5-6,8-9H2,(H,27,28). The second kappa shape index (κ2) is 10.8. The largest absolute Gasteiger partial charge is 0.479 e. The molecule has 6 nitrogen and oxygen atoms in total. The van der Waals surface area contributed by atoms with E-state index in [1.165, 1.54) is 0 Å². The second-order valence-corrected chi connectivity index (χ2v) is 6.46. The molecule has 2 aromatic rings. The highest BCUT2D eigenvalue weighted by atomic mass is 35.5. The molecule has 162 valence electrons. The van der Waals surface area contributed by atoms with E-state index in [9.17, 15) is 27.2 Å². The number of benzene rings is 2. The van der Waals surface area contributed by atoms with Crippen molar-refractivity contribution in [2.75, 3.05) is 13.2 Å². The number of hydrogen-bond acceptors (Lipinski definition) is 4. The maximum atomic E-state index is 13.6. The monoisotopic (exact) mass is 449 g/mol. The minimum Gasteiger partial charge on any atom is -0.479 e. The van der Waals surface area contributed by atoms with Crippen molar-refractivity contribution in [3.63, 3.8) is 0 Å². The number of nitrogens with one attached hydrogen (secondary N) is 1. The average molecular weight is 450 g/mol. The molecule has 0 saturated heterocycles. The van der Waals surface area contributed by atoms with Gasteiger partial charge in [-0.3, -0.25) is 4.79 Å². The highest BCUT2D eigenvalue weighted by Crippen LogP contribution is 2.26. The summed E-state index contributed by atoms with van der Waals surface area (Å²) in [5, 5.41) is 11.3. The van der Waals surface area contributed by atoms with Crippen molar-refractivity contribution in [3.05, 3.63) is 64.2 Å². The van der Waals surface area contributed by atoms with E-state index in [0.717, 1.165) is 5.56 Å². The van der Waals surface area contributed by atoms with Crippen molar-refractivity contribution in [3.8, 4) is 5.75 Å². The predicted octanol–water partition coefficient (Wildman–Crippen LogP) is 4.09. The minimum absolute atomic E-state index is 0.00778. The van der Waals surface area contributed by atoms with Crippen LogP contribution in [0, 0.1) is 23.3 Å². The van der Waals surface area contributed by atoms with Gasteiger partial charge in [0.25, 0.3) is 0 Å². The Morgan fingerprint density at radius 3 is 2.23 bits per heavy atom. The van der Waals surface area contributed by atoms with E-state index < -0.39 is 53.5 Å². The summed E-state index contributed by atoms with van der Waals surface area (Å²) in [5.41, 5.74) is 0.788. The Hall–Kier alpha value is -2.85. The van der Waals surface area contributed by atoms with Gasteiger partial charge in [-0.25, -0.2) is 13.6 Å². The van der Waals surface area contributed by atoms with E-state index in [4.69, 9.17) is 21.4 Å². The maximum Gasteiger partial charge on any atom is 0.405 e. The van der Waals surface area contributed by atoms with Crippen LogP contribution in [0.25, 0.3) is 0 Å². The summed E-state index contributed by atoms with van der Waals surface area (Å²) in [6.45, 7) is -0.907. The van der Waals surface area contributed by atoms with Gasteiger partial charge in [0, 0.05) is 17.7 Å². The van der Waals surface area contributed by atoms with Crippen LogP contribution in [0.2, 0.25) is 5.02 Å². The van der Waals surface area contributed by atoms with Gasteiger partial charge < -0.3 is 19.9 Å². The lowest BCUT2D eigenvalue weighted by Crippen LogP contribution is -2.43. The summed E-state index contributed by atoms with van der Waals surface area (Å²) in [6, 6.07) is 5.40. The molecule has 0 bridgehead atoms. The molecule has 0 heterocycles. The topological polar surface area (TPSA) is 84.9 Å². The smallest absolute Gasteiger partial charge is 0.405 e. The van der Waals surface area contributed by atoms with Gasteiger partial charge in [-0.2, -0.15) is 8.78 Å². The average Bonchev–Trinajstić information content (AvgIpc) is 2.69. The summed E-state index contributed by atoms with van der Waals surface area (Å²) < 4.78 is 63.5. The molecule has 2 rings (SSSR count). The maximum absolute atomic E-state index is 13.6. The van der Waals surface area contributed by atoms with E-state index in [1.54, 1.807) is 24.3 Å². The van der Waals surface area contributed by atoms with Gasteiger partial charge in [-0.15, -0.1) is 0 Å². The quantitative estimate of drug-likeness (QED) is 0.324. The van der Waals surface area contributed by atoms with Gasteiger partial charge in [0.05, 0.1) is 12.6 Å².